The zero-order valence-electron chi connectivity index (χ0n) is 15.3. The first-order chi connectivity index (χ1) is 13.2. The molecule has 4 rings (SSSR count). The number of carbonyl (C=O) groups is 1. The summed E-state index contributed by atoms with van der Waals surface area (Å²) in [7, 11) is 0. The van der Waals surface area contributed by atoms with Crippen LogP contribution in [0.4, 0.5) is 13.2 Å². The predicted molar refractivity (Wildman–Crippen MR) is 95.7 cm³/mol. The van der Waals surface area contributed by atoms with E-state index in [0.29, 0.717) is 24.2 Å². The quantitative estimate of drug-likeness (QED) is 0.742. The summed E-state index contributed by atoms with van der Waals surface area (Å²) in [5.41, 5.74) is 3.39. The van der Waals surface area contributed by atoms with Gasteiger partial charge in [-0.15, -0.1) is 0 Å². The van der Waals surface area contributed by atoms with Gasteiger partial charge in [0.05, 0.1) is 11.9 Å². The number of amides is 1. The van der Waals surface area contributed by atoms with Crippen LogP contribution in [0.2, 0.25) is 0 Å². The van der Waals surface area contributed by atoms with E-state index in [0.717, 1.165) is 16.7 Å². The number of hydrogen-bond donors (Lipinski definition) is 1. The Kier molecular flexibility index (Phi) is 4.32. The second-order valence-corrected chi connectivity index (χ2v) is 7.17. The van der Waals surface area contributed by atoms with Gasteiger partial charge >= 0.3 is 6.18 Å². The van der Waals surface area contributed by atoms with Gasteiger partial charge in [0.15, 0.2) is 11.3 Å². The number of nitrogens with zero attached hydrogens (tertiary/aromatic N) is 4. The first-order valence-corrected chi connectivity index (χ1v) is 8.89. The summed E-state index contributed by atoms with van der Waals surface area (Å²) in [6, 6.07) is 1.85. The molecule has 1 saturated carbocycles. The van der Waals surface area contributed by atoms with Gasteiger partial charge in [0, 0.05) is 18.0 Å². The molecular formula is C19H18F3N5O. The van der Waals surface area contributed by atoms with E-state index in [-0.39, 0.29) is 5.69 Å². The van der Waals surface area contributed by atoms with Crippen LogP contribution in [0.25, 0.3) is 16.9 Å². The van der Waals surface area contributed by atoms with Crippen LogP contribution >= 0.6 is 0 Å². The summed E-state index contributed by atoms with van der Waals surface area (Å²) in [5.74, 6) is -1.40. The molecule has 146 valence electrons. The minimum Gasteiger partial charge on any atom is -0.339 e. The van der Waals surface area contributed by atoms with Gasteiger partial charge in [-0.2, -0.15) is 18.3 Å². The third kappa shape index (κ3) is 3.44. The fourth-order valence-electron chi connectivity index (χ4n) is 3.22. The van der Waals surface area contributed by atoms with Crippen LogP contribution in [0.3, 0.4) is 0 Å². The highest BCUT2D eigenvalue weighted by atomic mass is 19.4. The Morgan fingerprint density at radius 3 is 2.61 bits per heavy atom. The van der Waals surface area contributed by atoms with Crippen molar-refractivity contribution in [3.63, 3.8) is 0 Å². The molecule has 3 aromatic heterocycles. The smallest absolute Gasteiger partial charge is 0.339 e. The molecule has 1 fully saturated rings. The first-order valence-electron chi connectivity index (χ1n) is 8.89. The Morgan fingerprint density at radius 2 is 1.96 bits per heavy atom. The molecule has 9 heteroatoms. The van der Waals surface area contributed by atoms with Gasteiger partial charge in [0.25, 0.3) is 5.91 Å². The van der Waals surface area contributed by atoms with Crippen molar-refractivity contribution in [2.24, 2.45) is 5.92 Å². The summed E-state index contributed by atoms with van der Waals surface area (Å²) < 4.78 is 41.1. The van der Waals surface area contributed by atoms with Crippen molar-refractivity contribution in [1.29, 1.82) is 0 Å². The van der Waals surface area contributed by atoms with Crippen LogP contribution in [0.5, 0.6) is 0 Å². The highest BCUT2D eigenvalue weighted by molar-refractivity contribution is 5.93. The van der Waals surface area contributed by atoms with Gasteiger partial charge in [0.1, 0.15) is 6.04 Å². The molecule has 1 N–H and O–H groups in total. The summed E-state index contributed by atoms with van der Waals surface area (Å²) in [4.78, 5) is 20.9. The fraction of sp³-hybridized carbons (Fsp3) is 0.368. The number of aromatic nitrogens is 4. The maximum Gasteiger partial charge on any atom is 0.408 e. The first kappa shape index (κ1) is 18.4. The predicted octanol–water partition coefficient (Wildman–Crippen LogP) is 3.48. The van der Waals surface area contributed by atoms with Crippen LogP contribution in [0.15, 0.2) is 30.7 Å². The SMILES string of the molecule is Cc1cncc(-c2cc(C)c3ncc(C(=O)NC(C4CC4)C(F)(F)F)n3n2)c1. The van der Waals surface area contributed by atoms with Crippen molar-refractivity contribution in [1.82, 2.24) is 24.9 Å². The Morgan fingerprint density at radius 1 is 1.21 bits per heavy atom. The van der Waals surface area contributed by atoms with Crippen LogP contribution < -0.4 is 5.32 Å². The number of fused-ring (bicyclic) bond motifs is 1. The van der Waals surface area contributed by atoms with E-state index in [1.807, 2.05) is 19.1 Å². The largest absolute Gasteiger partial charge is 0.408 e. The number of pyridine rings is 1. The summed E-state index contributed by atoms with van der Waals surface area (Å²) in [6.45, 7) is 3.70. The molecule has 1 amide bonds. The summed E-state index contributed by atoms with van der Waals surface area (Å²) in [5, 5.41) is 6.55. The van der Waals surface area contributed by atoms with Crippen molar-refractivity contribution in [3.05, 3.63) is 47.5 Å². The van der Waals surface area contributed by atoms with Crippen molar-refractivity contribution < 1.29 is 18.0 Å². The molecule has 0 radical (unpaired) electrons. The van der Waals surface area contributed by atoms with E-state index in [9.17, 15) is 18.0 Å². The van der Waals surface area contributed by atoms with E-state index in [1.54, 1.807) is 19.3 Å². The van der Waals surface area contributed by atoms with Gasteiger partial charge in [-0.3, -0.25) is 9.78 Å². The van der Waals surface area contributed by atoms with Crippen molar-refractivity contribution in [2.45, 2.75) is 38.9 Å². The molecule has 0 bridgehead atoms. The Balaban J connectivity index is 1.72. The Hall–Kier alpha value is -2.97. The fourth-order valence-corrected chi connectivity index (χ4v) is 3.22. The van der Waals surface area contributed by atoms with E-state index in [1.165, 1.54) is 10.7 Å². The van der Waals surface area contributed by atoms with Crippen molar-refractivity contribution in [2.75, 3.05) is 0 Å². The number of nitrogens with one attached hydrogen (secondary N) is 1. The highest BCUT2D eigenvalue weighted by Crippen LogP contribution is 2.40. The third-order valence-electron chi connectivity index (χ3n) is 4.79. The lowest BCUT2D eigenvalue weighted by molar-refractivity contribution is -0.158. The molecule has 1 unspecified atom stereocenters. The van der Waals surface area contributed by atoms with Crippen LogP contribution in [-0.2, 0) is 0 Å². The van der Waals surface area contributed by atoms with E-state index in [2.05, 4.69) is 20.4 Å². The molecule has 28 heavy (non-hydrogen) atoms. The maximum absolute atomic E-state index is 13.3. The van der Waals surface area contributed by atoms with Crippen molar-refractivity contribution >= 4 is 11.6 Å². The zero-order valence-corrected chi connectivity index (χ0v) is 15.3. The van der Waals surface area contributed by atoms with Crippen molar-refractivity contribution in [3.8, 4) is 11.3 Å². The lowest BCUT2D eigenvalue weighted by atomic mass is 10.1. The number of hydrogen-bond acceptors (Lipinski definition) is 4. The molecule has 0 saturated heterocycles. The second-order valence-electron chi connectivity index (χ2n) is 7.17. The van der Waals surface area contributed by atoms with Gasteiger partial charge in [-0.1, -0.05) is 0 Å². The van der Waals surface area contributed by atoms with Gasteiger partial charge < -0.3 is 5.32 Å². The average Bonchev–Trinajstić information content (AvgIpc) is 3.36. The maximum atomic E-state index is 13.3. The monoisotopic (exact) mass is 389 g/mol. The van der Waals surface area contributed by atoms with Gasteiger partial charge in [-0.25, -0.2) is 9.50 Å². The van der Waals surface area contributed by atoms with E-state index < -0.39 is 24.0 Å². The minimum atomic E-state index is -4.49. The molecule has 0 aromatic carbocycles. The zero-order chi connectivity index (χ0) is 20.1. The lowest BCUT2D eigenvalue weighted by Crippen LogP contribution is -2.47. The molecule has 0 aliphatic heterocycles. The van der Waals surface area contributed by atoms with Gasteiger partial charge in [0.2, 0.25) is 0 Å². The molecule has 1 aliphatic carbocycles. The standard InChI is InChI=1S/C19H18F3N5O/c1-10-5-13(8-23-7-10)14-6-11(2)17-24-9-15(27(17)26-14)18(28)25-16(12-3-4-12)19(20,21)22/h5-9,12,16H,3-4H2,1-2H3,(H,25,28). The number of aryl methyl sites for hydroxylation is 2. The van der Waals surface area contributed by atoms with Crippen LogP contribution in [-0.4, -0.2) is 37.7 Å². The molecule has 3 heterocycles. The lowest BCUT2D eigenvalue weighted by Gasteiger charge is -2.21. The molecular weight excluding hydrogens is 371 g/mol. The number of rotatable bonds is 4. The van der Waals surface area contributed by atoms with E-state index >= 15 is 0 Å². The molecule has 1 atom stereocenters. The topological polar surface area (TPSA) is 72.2 Å². The molecule has 6 nitrogen and oxygen atoms in total. The number of imidazole rings is 1. The Labute approximate surface area is 158 Å². The second kappa shape index (κ2) is 6.57. The molecule has 0 spiro atoms. The molecule has 1 aliphatic rings. The molecule has 3 aromatic rings. The number of alkyl halides is 3. The van der Waals surface area contributed by atoms with Gasteiger partial charge in [-0.05, 0) is 55.9 Å². The van der Waals surface area contributed by atoms with Crippen LogP contribution in [0, 0.1) is 19.8 Å². The summed E-state index contributed by atoms with van der Waals surface area (Å²) >= 11 is 0. The summed E-state index contributed by atoms with van der Waals surface area (Å²) in [6.07, 6.45) is 1.03. The normalized spacial score (nSPS) is 15.6. The average molecular weight is 389 g/mol. The van der Waals surface area contributed by atoms with Crippen LogP contribution in [0.1, 0.15) is 34.5 Å². The minimum absolute atomic E-state index is 0.0320. The number of carbonyl (C=O) groups excluding carboxylic acids is 1. The third-order valence-corrected chi connectivity index (χ3v) is 4.79. The number of halogens is 3. The Bertz CT molecular complexity index is 1060. The highest BCUT2D eigenvalue weighted by Gasteiger charge is 2.49. The van der Waals surface area contributed by atoms with E-state index in [4.69, 9.17) is 0 Å².